The molecule has 3 atom stereocenters. The van der Waals surface area contributed by atoms with Gasteiger partial charge in [0, 0.05) is 11.8 Å². The average Bonchev–Trinajstić information content (AvgIpc) is 2.40. The summed E-state index contributed by atoms with van der Waals surface area (Å²) in [5, 5.41) is 0. The van der Waals surface area contributed by atoms with Crippen LogP contribution in [0.3, 0.4) is 0 Å². The van der Waals surface area contributed by atoms with Gasteiger partial charge in [-0.15, -0.1) is 23.2 Å². The van der Waals surface area contributed by atoms with Crippen molar-refractivity contribution in [2.45, 2.75) is 38.9 Å². The average molecular weight is 269 g/mol. The number of esters is 1. The number of carbonyl (C=O) groups excluding carboxylic acids is 1. The zero-order valence-corrected chi connectivity index (χ0v) is 11.6. The van der Waals surface area contributed by atoms with E-state index in [1.54, 1.807) is 27.7 Å². The molecule has 1 heterocycles. The molecule has 0 aromatic carbocycles. The summed E-state index contributed by atoms with van der Waals surface area (Å²) in [5.41, 5.74) is -0.560. The van der Waals surface area contributed by atoms with Crippen LogP contribution in [0.2, 0.25) is 0 Å². The highest BCUT2D eigenvalue weighted by Crippen LogP contribution is 2.39. The van der Waals surface area contributed by atoms with Crippen LogP contribution < -0.4 is 0 Å². The van der Waals surface area contributed by atoms with Crippen molar-refractivity contribution >= 4 is 29.2 Å². The van der Waals surface area contributed by atoms with E-state index in [0.29, 0.717) is 12.5 Å². The van der Waals surface area contributed by atoms with Crippen molar-refractivity contribution in [1.82, 2.24) is 0 Å². The molecular formula is C11H18Cl2O3. The van der Waals surface area contributed by atoms with Crippen LogP contribution in [0.1, 0.15) is 27.7 Å². The monoisotopic (exact) mass is 268 g/mol. The second kappa shape index (κ2) is 4.71. The Hall–Kier alpha value is 0.01000. The molecule has 0 amide bonds. The quantitative estimate of drug-likeness (QED) is 0.571. The fourth-order valence-electron chi connectivity index (χ4n) is 1.34. The number of halogens is 2. The minimum atomic E-state index is -0.747. The smallest absolute Gasteiger partial charge is 0.313 e. The zero-order valence-electron chi connectivity index (χ0n) is 10.0. The molecular weight excluding hydrogens is 251 g/mol. The Labute approximate surface area is 106 Å². The first-order valence-corrected chi connectivity index (χ1v) is 6.18. The maximum Gasteiger partial charge on any atom is 0.313 e. The lowest BCUT2D eigenvalue weighted by Gasteiger charge is -2.28. The number of hydrogen-bond donors (Lipinski definition) is 0. The van der Waals surface area contributed by atoms with Crippen molar-refractivity contribution in [3.8, 4) is 0 Å². The van der Waals surface area contributed by atoms with E-state index in [4.69, 9.17) is 32.7 Å². The second-order valence-electron chi connectivity index (χ2n) is 5.32. The normalized spacial score (nSPS) is 35.1. The van der Waals surface area contributed by atoms with Gasteiger partial charge in [-0.3, -0.25) is 4.79 Å². The minimum absolute atomic E-state index is 0.00592. The Bertz CT molecular complexity index is 271. The Morgan fingerprint density at radius 3 is 2.50 bits per heavy atom. The van der Waals surface area contributed by atoms with Gasteiger partial charge in [-0.1, -0.05) is 0 Å². The van der Waals surface area contributed by atoms with Gasteiger partial charge in [0.15, 0.2) is 0 Å². The Morgan fingerprint density at radius 2 is 2.12 bits per heavy atom. The number of rotatable bonds is 2. The van der Waals surface area contributed by atoms with E-state index in [-0.39, 0.29) is 11.9 Å². The first-order chi connectivity index (χ1) is 7.19. The van der Waals surface area contributed by atoms with Gasteiger partial charge in [-0.2, -0.15) is 0 Å². The largest absolute Gasteiger partial charge is 0.433 e. The van der Waals surface area contributed by atoms with E-state index in [0.717, 1.165) is 0 Å². The topological polar surface area (TPSA) is 35.5 Å². The molecule has 0 radical (unpaired) electrons. The van der Waals surface area contributed by atoms with Crippen LogP contribution in [0, 0.1) is 11.3 Å². The molecule has 0 aliphatic carbocycles. The molecule has 3 nitrogen and oxygen atoms in total. The van der Waals surface area contributed by atoms with Gasteiger partial charge >= 0.3 is 5.97 Å². The second-order valence-corrected chi connectivity index (χ2v) is 6.45. The van der Waals surface area contributed by atoms with Gasteiger partial charge in [-0.05, 0) is 27.7 Å². The predicted octanol–water partition coefficient (Wildman–Crippen LogP) is 2.78. The molecule has 0 aromatic rings. The molecule has 94 valence electrons. The molecule has 1 aliphatic rings. The third kappa shape index (κ3) is 2.82. The lowest BCUT2D eigenvalue weighted by Crippen LogP contribution is -2.40. The van der Waals surface area contributed by atoms with Crippen LogP contribution in [0.5, 0.6) is 0 Å². The highest BCUT2D eigenvalue weighted by molar-refractivity contribution is 6.25. The summed E-state index contributed by atoms with van der Waals surface area (Å²) in [6, 6.07) is 0. The van der Waals surface area contributed by atoms with Gasteiger partial charge in [0.05, 0.1) is 12.0 Å². The molecule has 0 aromatic heterocycles. The van der Waals surface area contributed by atoms with Gasteiger partial charge in [0.25, 0.3) is 0 Å². The Kier molecular flexibility index (Phi) is 4.14. The van der Waals surface area contributed by atoms with Crippen molar-refractivity contribution in [1.29, 1.82) is 0 Å². The number of carbonyl (C=O) groups is 1. The molecule has 5 heteroatoms. The van der Waals surface area contributed by atoms with Crippen LogP contribution in [0.25, 0.3) is 0 Å². The number of ether oxygens (including phenoxy) is 2. The first-order valence-electron chi connectivity index (χ1n) is 5.27. The van der Waals surface area contributed by atoms with Crippen LogP contribution in [-0.2, 0) is 14.3 Å². The summed E-state index contributed by atoms with van der Waals surface area (Å²) in [7, 11) is 0. The molecule has 1 saturated heterocycles. The molecule has 16 heavy (non-hydrogen) atoms. The van der Waals surface area contributed by atoms with Crippen LogP contribution >= 0.6 is 23.2 Å². The van der Waals surface area contributed by atoms with E-state index in [1.807, 2.05) is 0 Å². The lowest BCUT2D eigenvalue weighted by molar-refractivity contribution is -0.182. The molecule has 1 rings (SSSR count). The van der Waals surface area contributed by atoms with Crippen LogP contribution in [0.4, 0.5) is 0 Å². The van der Waals surface area contributed by atoms with Gasteiger partial charge < -0.3 is 9.47 Å². The molecule has 0 N–H and O–H groups in total. The fraction of sp³-hybridized carbons (Fsp3) is 0.909. The summed E-state index contributed by atoms with van der Waals surface area (Å²) in [5.74, 6) is 0.0667. The van der Waals surface area contributed by atoms with Crippen LogP contribution in [-0.4, -0.2) is 29.6 Å². The summed E-state index contributed by atoms with van der Waals surface area (Å²) >= 11 is 12.1. The molecule has 0 spiro atoms. The van der Waals surface area contributed by atoms with E-state index in [2.05, 4.69) is 0 Å². The highest BCUT2D eigenvalue weighted by Gasteiger charge is 2.49. The first kappa shape index (κ1) is 14.1. The third-order valence-corrected chi connectivity index (χ3v) is 3.58. The van der Waals surface area contributed by atoms with Crippen molar-refractivity contribution in [3.63, 3.8) is 0 Å². The maximum absolute atomic E-state index is 11.7. The van der Waals surface area contributed by atoms with Crippen molar-refractivity contribution in [2.24, 2.45) is 11.3 Å². The maximum atomic E-state index is 11.7. The van der Waals surface area contributed by atoms with E-state index >= 15 is 0 Å². The standard InChI is InChI=1S/C11H18Cl2O3/c1-10(2,3)8(14)16-9-11(4,13)7(5-12)6-15-9/h7,9H,5-6H2,1-4H3. The van der Waals surface area contributed by atoms with Crippen molar-refractivity contribution in [2.75, 3.05) is 12.5 Å². The molecule has 1 aliphatic heterocycles. The minimum Gasteiger partial charge on any atom is -0.433 e. The highest BCUT2D eigenvalue weighted by atomic mass is 35.5. The zero-order chi connectivity index (χ0) is 12.6. The van der Waals surface area contributed by atoms with Crippen LogP contribution in [0.15, 0.2) is 0 Å². The number of alkyl halides is 2. The van der Waals surface area contributed by atoms with Crippen molar-refractivity contribution in [3.05, 3.63) is 0 Å². The summed E-state index contributed by atoms with van der Waals surface area (Å²) < 4.78 is 10.6. The lowest BCUT2D eigenvalue weighted by atomic mass is 9.96. The third-order valence-electron chi connectivity index (χ3n) is 2.72. The summed E-state index contributed by atoms with van der Waals surface area (Å²) in [4.78, 5) is 11.0. The van der Waals surface area contributed by atoms with E-state index in [9.17, 15) is 4.79 Å². The summed E-state index contributed by atoms with van der Waals surface area (Å²) in [6.45, 7) is 7.57. The predicted molar refractivity (Wildman–Crippen MR) is 63.8 cm³/mol. The van der Waals surface area contributed by atoms with Gasteiger partial charge in [0.1, 0.15) is 4.87 Å². The molecule has 0 bridgehead atoms. The number of hydrogen-bond acceptors (Lipinski definition) is 3. The fourth-order valence-corrected chi connectivity index (χ4v) is 2.08. The van der Waals surface area contributed by atoms with E-state index < -0.39 is 16.6 Å². The molecule has 1 fully saturated rings. The molecule has 3 unspecified atom stereocenters. The summed E-state index contributed by atoms with van der Waals surface area (Å²) in [6.07, 6.45) is -0.718. The Morgan fingerprint density at radius 1 is 1.56 bits per heavy atom. The molecule has 0 saturated carbocycles. The van der Waals surface area contributed by atoms with E-state index in [1.165, 1.54) is 0 Å². The van der Waals surface area contributed by atoms with Crippen molar-refractivity contribution < 1.29 is 14.3 Å². The SMILES string of the molecule is CC(C)(C)C(=O)OC1OCC(CCl)C1(C)Cl. The van der Waals surface area contributed by atoms with Gasteiger partial charge in [-0.25, -0.2) is 0 Å². The Balaban J connectivity index is 2.67. The van der Waals surface area contributed by atoms with Gasteiger partial charge in [0.2, 0.25) is 6.29 Å².